The molecule has 9 nitrogen and oxygen atoms in total. The summed E-state index contributed by atoms with van der Waals surface area (Å²) in [6.07, 6.45) is 4.31. The fraction of sp³-hybridized carbons (Fsp3) is 0.550. The maximum atomic E-state index is 13.1. The molecule has 31 heavy (non-hydrogen) atoms. The number of benzene rings is 1. The van der Waals surface area contributed by atoms with Crippen LogP contribution in [0, 0.1) is 11.7 Å². The summed E-state index contributed by atoms with van der Waals surface area (Å²) >= 11 is 0. The minimum atomic E-state index is -3.78. The SMILES string of the molecule is O=C(NN1C(=O)NC2(CCCCC2)C1=O)C1CCN(S(=O)(=O)c2ccc(F)cc2)CC1. The number of amides is 4. The summed E-state index contributed by atoms with van der Waals surface area (Å²) in [6.45, 7) is 0.226. The van der Waals surface area contributed by atoms with Crippen molar-refractivity contribution in [1.82, 2.24) is 20.1 Å². The summed E-state index contributed by atoms with van der Waals surface area (Å²) in [5, 5.41) is 3.51. The second kappa shape index (κ2) is 8.19. The summed E-state index contributed by atoms with van der Waals surface area (Å²) in [7, 11) is -3.78. The van der Waals surface area contributed by atoms with E-state index in [1.807, 2.05) is 0 Å². The molecule has 0 unspecified atom stereocenters. The number of piperidine rings is 1. The van der Waals surface area contributed by atoms with Gasteiger partial charge in [0.25, 0.3) is 5.91 Å². The molecule has 1 saturated carbocycles. The van der Waals surface area contributed by atoms with Crippen LogP contribution in [0.5, 0.6) is 0 Å². The van der Waals surface area contributed by atoms with E-state index in [2.05, 4.69) is 10.7 Å². The van der Waals surface area contributed by atoms with Gasteiger partial charge in [0.1, 0.15) is 11.4 Å². The molecule has 3 aliphatic rings. The number of urea groups is 1. The van der Waals surface area contributed by atoms with Gasteiger partial charge in [0.2, 0.25) is 15.9 Å². The molecule has 2 aliphatic heterocycles. The van der Waals surface area contributed by atoms with Gasteiger partial charge in [-0.3, -0.25) is 15.0 Å². The van der Waals surface area contributed by atoms with E-state index >= 15 is 0 Å². The van der Waals surface area contributed by atoms with Gasteiger partial charge in [-0.25, -0.2) is 17.6 Å². The minimum Gasteiger partial charge on any atom is -0.322 e. The maximum Gasteiger partial charge on any atom is 0.344 e. The first-order valence-electron chi connectivity index (χ1n) is 10.5. The Balaban J connectivity index is 1.36. The van der Waals surface area contributed by atoms with Gasteiger partial charge in [-0.1, -0.05) is 19.3 Å². The molecule has 0 aromatic heterocycles. The van der Waals surface area contributed by atoms with E-state index in [4.69, 9.17) is 0 Å². The van der Waals surface area contributed by atoms with Gasteiger partial charge in [0.05, 0.1) is 4.90 Å². The molecular weight excluding hydrogens is 427 g/mol. The molecule has 0 atom stereocenters. The third-order valence-corrected chi connectivity index (χ3v) is 8.28. The summed E-state index contributed by atoms with van der Waals surface area (Å²) < 4.78 is 39.8. The predicted molar refractivity (Wildman–Crippen MR) is 107 cm³/mol. The highest BCUT2D eigenvalue weighted by Gasteiger charge is 2.52. The van der Waals surface area contributed by atoms with Gasteiger partial charge in [-0.15, -0.1) is 0 Å². The van der Waals surface area contributed by atoms with E-state index in [0.717, 1.165) is 36.4 Å². The Morgan fingerprint density at radius 3 is 2.29 bits per heavy atom. The van der Waals surface area contributed by atoms with Gasteiger partial charge >= 0.3 is 6.03 Å². The zero-order valence-corrected chi connectivity index (χ0v) is 17.8. The number of rotatable bonds is 4. The van der Waals surface area contributed by atoms with E-state index < -0.39 is 45.1 Å². The van der Waals surface area contributed by atoms with Crippen molar-refractivity contribution in [3.63, 3.8) is 0 Å². The Morgan fingerprint density at radius 1 is 1.06 bits per heavy atom. The highest BCUT2D eigenvalue weighted by atomic mass is 32.2. The lowest BCUT2D eigenvalue weighted by Crippen LogP contribution is -2.53. The number of imide groups is 1. The lowest BCUT2D eigenvalue weighted by Gasteiger charge is -2.32. The molecular formula is C20H25FN4O5S. The van der Waals surface area contributed by atoms with Crippen molar-refractivity contribution in [2.24, 2.45) is 5.92 Å². The number of hydrogen-bond acceptors (Lipinski definition) is 5. The van der Waals surface area contributed by atoms with Crippen molar-refractivity contribution in [3.05, 3.63) is 30.1 Å². The van der Waals surface area contributed by atoms with Crippen LogP contribution in [-0.4, -0.2) is 54.2 Å². The monoisotopic (exact) mass is 452 g/mol. The summed E-state index contributed by atoms with van der Waals surface area (Å²) in [4.78, 5) is 37.8. The van der Waals surface area contributed by atoms with Crippen LogP contribution in [0.1, 0.15) is 44.9 Å². The van der Waals surface area contributed by atoms with Gasteiger partial charge in [-0.05, 0) is 49.9 Å². The topological polar surface area (TPSA) is 116 Å². The first-order chi connectivity index (χ1) is 14.7. The predicted octanol–water partition coefficient (Wildman–Crippen LogP) is 1.51. The summed E-state index contributed by atoms with van der Waals surface area (Å²) in [6, 6.07) is 3.97. The minimum absolute atomic E-state index is 0.00563. The van der Waals surface area contributed by atoms with Crippen LogP contribution in [0.4, 0.5) is 9.18 Å². The van der Waals surface area contributed by atoms with E-state index in [1.165, 1.54) is 16.4 Å². The zero-order valence-electron chi connectivity index (χ0n) is 17.0. The normalized spacial score (nSPS) is 22.5. The van der Waals surface area contributed by atoms with E-state index in [1.54, 1.807) is 0 Å². The molecule has 1 aromatic carbocycles. The van der Waals surface area contributed by atoms with Crippen molar-refractivity contribution in [1.29, 1.82) is 0 Å². The number of halogens is 1. The third kappa shape index (κ3) is 4.03. The largest absolute Gasteiger partial charge is 0.344 e. The molecule has 1 aliphatic carbocycles. The molecule has 4 rings (SSSR count). The van der Waals surface area contributed by atoms with Crippen molar-refractivity contribution in [3.8, 4) is 0 Å². The van der Waals surface area contributed by atoms with Crippen LogP contribution in [-0.2, 0) is 19.6 Å². The highest BCUT2D eigenvalue weighted by Crippen LogP contribution is 2.33. The molecule has 11 heteroatoms. The molecule has 2 heterocycles. The number of hydrazine groups is 1. The van der Waals surface area contributed by atoms with Crippen LogP contribution >= 0.6 is 0 Å². The Morgan fingerprint density at radius 2 is 1.68 bits per heavy atom. The van der Waals surface area contributed by atoms with Gasteiger partial charge in [0, 0.05) is 19.0 Å². The zero-order chi connectivity index (χ0) is 22.2. The lowest BCUT2D eigenvalue weighted by molar-refractivity contribution is -0.141. The fourth-order valence-electron chi connectivity index (χ4n) is 4.53. The molecule has 1 aromatic rings. The Hall–Kier alpha value is -2.53. The number of carbonyl (C=O) groups is 3. The number of sulfonamides is 1. The molecule has 0 bridgehead atoms. The van der Waals surface area contributed by atoms with Crippen LogP contribution in [0.2, 0.25) is 0 Å². The van der Waals surface area contributed by atoms with Crippen LogP contribution in [0.15, 0.2) is 29.2 Å². The van der Waals surface area contributed by atoms with Crippen molar-refractivity contribution >= 4 is 27.9 Å². The number of nitrogens with zero attached hydrogens (tertiary/aromatic N) is 2. The molecule has 2 N–H and O–H groups in total. The number of hydrogen-bond donors (Lipinski definition) is 2. The van der Waals surface area contributed by atoms with E-state index in [0.29, 0.717) is 12.8 Å². The first-order valence-corrected chi connectivity index (χ1v) is 11.9. The average Bonchev–Trinajstić information content (AvgIpc) is 2.98. The summed E-state index contributed by atoms with van der Waals surface area (Å²) in [5.74, 6) is -1.95. The average molecular weight is 453 g/mol. The van der Waals surface area contributed by atoms with E-state index in [9.17, 15) is 27.2 Å². The third-order valence-electron chi connectivity index (χ3n) is 6.37. The second-order valence-electron chi connectivity index (χ2n) is 8.32. The molecule has 2 saturated heterocycles. The van der Waals surface area contributed by atoms with Gasteiger partial charge < -0.3 is 5.32 Å². The quantitative estimate of drug-likeness (QED) is 0.672. The van der Waals surface area contributed by atoms with Gasteiger partial charge in [0.15, 0.2) is 0 Å². The van der Waals surface area contributed by atoms with Crippen molar-refractivity contribution in [2.45, 2.75) is 55.4 Å². The molecule has 4 amide bonds. The molecule has 0 radical (unpaired) electrons. The van der Waals surface area contributed by atoms with Gasteiger partial charge in [-0.2, -0.15) is 9.31 Å². The van der Waals surface area contributed by atoms with Crippen LogP contribution in [0.25, 0.3) is 0 Å². The van der Waals surface area contributed by atoms with Crippen LogP contribution in [0.3, 0.4) is 0 Å². The standard InChI is InChI=1S/C20H25FN4O5S/c21-15-4-6-16(7-5-15)31(29,30)24-12-8-14(9-13-24)17(26)23-25-18(27)20(22-19(25)28)10-2-1-3-11-20/h4-7,14H,1-3,8-13H2,(H,22,28)(H,23,26). The Kier molecular flexibility index (Phi) is 5.73. The number of carbonyl (C=O) groups excluding carboxylic acids is 3. The molecule has 1 spiro atoms. The molecule has 3 fully saturated rings. The van der Waals surface area contributed by atoms with Crippen molar-refractivity contribution in [2.75, 3.05) is 13.1 Å². The Labute approximate surface area is 180 Å². The Bertz CT molecular complexity index is 983. The first kappa shape index (κ1) is 21.7. The van der Waals surface area contributed by atoms with Crippen LogP contribution < -0.4 is 10.7 Å². The lowest BCUT2D eigenvalue weighted by atomic mass is 9.82. The number of nitrogens with one attached hydrogen (secondary N) is 2. The smallest absolute Gasteiger partial charge is 0.322 e. The van der Waals surface area contributed by atoms with E-state index in [-0.39, 0.29) is 30.8 Å². The summed E-state index contributed by atoms with van der Waals surface area (Å²) in [5.41, 5.74) is 1.51. The maximum absolute atomic E-state index is 13.1. The highest BCUT2D eigenvalue weighted by molar-refractivity contribution is 7.89. The molecule has 168 valence electrons. The fourth-order valence-corrected chi connectivity index (χ4v) is 6.00. The second-order valence-corrected chi connectivity index (χ2v) is 10.3. The van der Waals surface area contributed by atoms with Crippen molar-refractivity contribution < 1.29 is 27.2 Å².